The number of nitrogens with zero attached hydrogens (tertiary/aromatic N) is 1. The Hall–Kier alpha value is -8.56. The van der Waals surface area contributed by atoms with Crippen LogP contribution in [0.15, 0.2) is 249 Å². The third kappa shape index (κ3) is 5.41. The lowest BCUT2D eigenvalue weighted by Crippen LogP contribution is -2.26. The zero-order valence-corrected chi connectivity index (χ0v) is 38.3. The maximum Gasteiger partial charge on any atom is 0.0726 e. The second-order valence-corrected chi connectivity index (χ2v) is 19.7. The molecule has 15 rings (SSSR count). The SMILES string of the molecule is c1ccc(-c2ccc(N(c3ccc4c5ccccc5c5ccccc5c4c3)c3cc4c(cc3-c3cccc5sc6ccccc6c35)-c3ccccc3C43c4ccccc4-c4ccccc43)cc2)cc1. The molecule has 0 aliphatic heterocycles. The molecule has 2 heteroatoms. The maximum atomic E-state index is 2.59. The van der Waals surface area contributed by atoms with Crippen molar-refractivity contribution in [2.45, 2.75) is 5.41 Å². The van der Waals surface area contributed by atoms with Crippen molar-refractivity contribution in [3.05, 3.63) is 271 Å². The van der Waals surface area contributed by atoms with Crippen LogP contribution >= 0.6 is 11.3 Å². The summed E-state index contributed by atoms with van der Waals surface area (Å²) in [5.74, 6) is 0. The molecule has 1 heterocycles. The van der Waals surface area contributed by atoms with E-state index in [1.807, 2.05) is 11.3 Å². The molecular formula is C67H41NS. The number of benzene rings is 12. The van der Waals surface area contributed by atoms with E-state index in [1.54, 1.807) is 0 Å². The molecule has 0 atom stereocenters. The van der Waals surface area contributed by atoms with Crippen LogP contribution < -0.4 is 4.90 Å². The molecule has 0 N–H and O–H groups in total. The van der Waals surface area contributed by atoms with Crippen LogP contribution in [0, 0.1) is 0 Å². The van der Waals surface area contributed by atoms with Crippen molar-refractivity contribution in [3.63, 3.8) is 0 Å². The molecule has 1 aromatic heterocycles. The Morgan fingerprint density at radius 3 is 1.41 bits per heavy atom. The normalized spacial score (nSPS) is 13.0. The molecule has 13 aromatic rings. The Balaban J connectivity index is 1.09. The number of hydrogen-bond acceptors (Lipinski definition) is 2. The zero-order chi connectivity index (χ0) is 45.2. The van der Waals surface area contributed by atoms with Crippen molar-refractivity contribution >= 4 is 80.9 Å². The topological polar surface area (TPSA) is 3.24 Å². The Labute approximate surface area is 404 Å². The predicted octanol–water partition coefficient (Wildman–Crippen LogP) is 18.7. The highest BCUT2D eigenvalue weighted by Crippen LogP contribution is 2.64. The summed E-state index contributed by atoms with van der Waals surface area (Å²) in [7, 11) is 0. The predicted molar refractivity (Wildman–Crippen MR) is 294 cm³/mol. The highest BCUT2D eigenvalue weighted by Gasteiger charge is 2.52. The first-order valence-electron chi connectivity index (χ1n) is 23.9. The van der Waals surface area contributed by atoms with Crippen molar-refractivity contribution in [2.24, 2.45) is 0 Å². The van der Waals surface area contributed by atoms with Gasteiger partial charge in [-0.1, -0.05) is 200 Å². The largest absolute Gasteiger partial charge is 0.310 e. The van der Waals surface area contributed by atoms with Gasteiger partial charge >= 0.3 is 0 Å². The van der Waals surface area contributed by atoms with Crippen molar-refractivity contribution < 1.29 is 0 Å². The number of rotatable bonds is 5. The molecule has 1 nitrogen and oxygen atoms in total. The Morgan fingerprint density at radius 2 is 0.754 bits per heavy atom. The van der Waals surface area contributed by atoms with Crippen molar-refractivity contribution in [3.8, 4) is 44.5 Å². The quantitative estimate of drug-likeness (QED) is 0.156. The van der Waals surface area contributed by atoms with Crippen LogP contribution in [-0.2, 0) is 5.41 Å². The highest BCUT2D eigenvalue weighted by atomic mass is 32.1. The molecule has 0 amide bonds. The summed E-state index contributed by atoms with van der Waals surface area (Å²) >= 11 is 1.88. The van der Waals surface area contributed by atoms with E-state index in [2.05, 4.69) is 254 Å². The fourth-order valence-electron chi connectivity index (χ4n) is 12.4. The Kier molecular flexibility index (Phi) is 8.22. The molecule has 0 bridgehead atoms. The molecular weight excluding hydrogens is 851 g/mol. The summed E-state index contributed by atoms with van der Waals surface area (Å²) < 4.78 is 2.59. The third-order valence-corrected chi connectivity index (χ3v) is 16.4. The molecule has 2 aliphatic rings. The fourth-order valence-corrected chi connectivity index (χ4v) is 13.6. The van der Waals surface area contributed by atoms with Gasteiger partial charge in [-0.05, 0) is 142 Å². The van der Waals surface area contributed by atoms with Gasteiger partial charge in [0, 0.05) is 37.1 Å². The lowest BCUT2D eigenvalue weighted by atomic mass is 9.70. The van der Waals surface area contributed by atoms with Crippen molar-refractivity contribution in [1.29, 1.82) is 0 Å². The first-order valence-corrected chi connectivity index (χ1v) is 24.7. The standard InChI is InChI=1S/C67H41NS/c1-2-17-42(18-3-1)43-33-35-44(36-34-43)68(45-37-38-50-48-21-5-4-19-46(48)47-20-6-7-22-49(47)56(50)39-45)63-41-62-57(40-58(63)54-27-16-32-65-66(54)55-26-11-15-31-64(55)69-65)53-25-10-14-30-61(53)67(62)59-28-12-8-23-51(59)52-24-9-13-29-60(52)67/h1-41H. The first kappa shape index (κ1) is 38.5. The molecule has 0 radical (unpaired) electrons. The number of fused-ring (bicyclic) bond motifs is 19. The lowest BCUT2D eigenvalue weighted by molar-refractivity contribution is 0.794. The molecule has 0 saturated heterocycles. The van der Waals surface area contributed by atoms with Crippen LogP contribution in [-0.4, -0.2) is 0 Å². The van der Waals surface area contributed by atoms with Crippen LogP contribution in [0.5, 0.6) is 0 Å². The summed E-state index contributed by atoms with van der Waals surface area (Å²) in [5.41, 5.74) is 18.1. The third-order valence-electron chi connectivity index (χ3n) is 15.3. The highest BCUT2D eigenvalue weighted by molar-refractivity contribution is 7.25. The van der Waals surface area contributed by atoms with Gasteiger partial charge in [0.25, 0.3) is 0 Å². The van der Waals surface area contributed by atoms with E-state index in [4.69, 9.17) is 0 Å². The van der Waals surface area contributed by atoms with Crippen LogP contribution in [0.2, 0.25) is 0 Å². The molecule has 12 aromatic carbocycles. The average Bonchev–Trinajstić information content (AvgIpc) is 4.05. The fraction of sp³-hybridized carbons (Fsp3) is 0.0149. The van der Waals surface area contributed by atoms with Gasteiger partial charge in [-0.3, -0.25) is 0 Å². The molecule has 0 unspecified atom stereocenters. The second kappa shape index (κ2) is 14.7. The van der Waals surface area contributed by atoms with Gasteiger partial charge in [-0.25, -0.2) is 0 Å². The first-order chi connectivity index (χ1) is 34.2. The van der Waals surface area contributed by atoms with E-state index in [0.717, 1.165) is 17.1 Å². The summed E-state index contributed by atoms with van der Waals surface area (Å²) in [5, 5.41) is 10.2. The summed E-state index contributed by atoms with van der Waals surface area (Å²) in [4.78, 5) is 2.56. The van der Waals surface area contributed by atoms with Gasteiger partial charge in [0.2, 0.25) is 0 Å². The van der Waals surface area contributed by atoms with Crippen molar-refractivity contribution in [2.75, 3.05) is 4.90 Å². The minimum atomic E-state index is -0.519. The van der Waals surface area contributed by atoms with Gasteiger partial charge in [0.15, 0.2) is 0 Å². The van der Waals surface area contributed by atoms with Gasteiger partial charge in [0.1, 0.15) is 0 Å². The van der Waals surface area contributed by atoms with Crippen LogP contribution in [0.3, 0.4) is 0 Å². The molecule has 0 saturated carbocycles. The van der Waals surface area contributed by atoms with E-state index in [-0.39, 0.29) is 0 Å². The van der Waals surface area contributed by atoms with Gasteiger partial charge in [-0.2, -0.15) is 0 Å². The summed E-state index contributed by atoms with van der Waals surface area (Å²) in [6, 6.07) is 93.4. The van der Waals surface area contributed by atoms with E-state index in [0.29, 0.717) is 0 Å². The van der Waals surface area contributed by atoms with Gasteiger partial charge < -0.3 is 4.90 Å². The minimum Gasteiger partial charge on any atom is -0.310 e. The van der Waals surface area contributed by atoms with E-state index in [9.17, 15) is 0 Å². The van der Waals surface area contributed by atoms with Crippen LogP contribution in [0.1, 0.15) is 22.3 Å². The smallest absolute Gasteiger partial charge is 0.0726 e. The Morgan fingerprint density at radius 1 is 0.275 bits per heavy atom. The van der Waals surface area contributed by atoms with E-state index in [1.165, 1.54) is 119 Å². The number of anilines is 3. The number of thiophene rings is 1. The minimum absolute atomic E-state index is 0.519. The second-order valence-electron chi connectivity index (χ2n) is 18.6. The van der Waals surface area contributed by atoms with E-state index >= 15 is 0 Å². The lowest BCUT2D eigenvalue weighted by Gasteiger charge is -2.33. The average molecular weight is 892 g/mol. The summed E-state index contributed by atoms with van der Waals surface area (Å²) in [6.45, 7) is 0. The van der Waals surface area contributed by atoms with Crippen LogP contribution in [0.25, 0.3) is 97.0 Å². The van der Waals surface area contributed by atoms with Gasteiger partial charge in [-0.15, -0.1) is 11.3 Å². The number of hydrogen-bond donors (Lipinski definition) is 0. The monoisotopic (exact) mass is 891 g/mol. The molecule has 320 valence electrons. The van der Waals surface area contributed by atoms with Gasteiger partial charge in [0.05, 0.1) is 11.1 Å². The molecule has 1 spiro atoms. The molecule has 0 fully saturated rings. The zero-order valence-electron chi connectivity index (χ0n) is 37.5. The van der Waals surface area contributed by atoms with Crippen molar-refractivity contribution in [1.82, 2.24) is 0 Å². The maximum absolute atomic E-state index is 2.59. The molecule has 2 aliphatic carbocycles. The molecule has 69 heavy (non-hydrogen) atoms. The Bertz CT molecular complexity index is 4170. The van der Waals surface area contributed by atoms with Crippen LogP contribution in [0.4, 0.5) is 17.1 Å². The van der Waals surface area contributed by atoms with E-state index < -0.39 is 5.41 Å². The summed E-state index contributed by atoms with van der Waals surface area (Å²) in [6.07, 6.45) is 0.